The summed E-state index contributed by atoms with van der Waals surface area (Å²) in [6.07, 6.45) is 1.72. The second kappa shape index (κ2) is 6.43. The van der Waals surface area contributed by atoms with Gasteiger partial charge < -0.3 is 14.6 Å². The Labute approximate surface area is 123 Å². The third kappa shape index (κ3) is 3.62. The van der Waals surface area contributed by atoms with Gasteiger partial charge in [-0.3, -0.25) is 4.79 Å². The van der Waals surface area contributed by atoms with Gasteiger partial charge in [0.25, 0.3) is 5.91 Å². The number of amides is 1. The zero-order valence-electron chi connectivity index (χ0n) is 12.6. The van der Waals surface area contributed by atoms with Crippen molar-refractivity contribution in [1.29, 1.82) is 0 Å². The van der Waals surface area contributed by atoms with Crippen LogP contribution in [0.5, 0.6) is 0 Å². The Hall–Kier alpha value is -2.30. The van der Waals surface area contributed by atoms with Crippen LogP contribution in [0.1, 0.15) is 24.2 Å². The molecule has 0 saturated carbocycles. The second-order valence-corrected chi connectivity index (χ2v) is 5.44. The molecule has 0 aliphatic heterocycles. The number of carbonyl (C=O) groups excluding carboxylic acids is 2. The minimum absolute atomic E-state index is 0.255. The first-order chi connectivity index (χ1) is 9.99. The number of aromatic nitrogens is 1. The van der Waals surface area contributed by atoms with E-state index in [1.54, 1.807) is 6.20 Å². The third-order valence-corrected chi connectivity index (χ3v) is 3.16. The van der Waals surface area contributed by atoms with Gasteiger partial charge in [0.05, 0.1) is 5.56 Å². The largest absolute Gasteiger partial charge is 0.452 e. The number of para-hydroxylation sites is 1. The zero-order valence-corrected chi connectivity index (χ0v) is 12.6. The lowest BCUT2D eigenvalue weighted by atomic mass is 10.2. The van der Waals surface area contributed by atoms with Crippen molar-refractivity contribution in [2.75, 3.05) is 13.2 Å². The maximum absolute atomic E-state index is 12.1. The summed E-state index contributed by atoms with van der Waals surface area (Å²) in [5.41, 5.74) is 1.43. The highest BCUT2D eigenvalue weighted by atomic mass is 16.5. The molecule has 2 rings (SSSR count). The molecule has 0 fully saturated rings. The molecule has 0 radical (unpaired) electrons. The third-order valence-electron chi connectivity index (χ3n) is 3.16. The van der Waals surface area contributed by atoms with Gasteiger partial charge in [-0.05, 0) is 12.0 Å². The number of fused-ring (bicyclic) bond motifs is 1. The minimum atomic E-state index is -0.480. The molecule has 1 aromatic carbocycles. The van der Waals surface area contributed by atoms with Crippen LogP contribution in [0.4, 0.5) is 0 Å². The van der Waals surface area contributed by atoms with E-state index in [0.717, 1.165) is 10.9 Å². The quantitative estimate of drug-likeness (QED) is 0.857. The predicted octanol–water partition coefficient (Wildman–Crippen LogP) is 2.11. The fourth-order valence-electron chi connectivity index (χ4n) is 2.08. The fourth-order valence-corrected chi connectivity index (χ4v) is 2.08. The fraction of sp³-hybridized carbons (Fsp3) is 0.375. The van der Waals surface area contributed by atoms with Crippen LogP contribution in [0.3, 0.4) is 0 Å². The lowest BCUT2D eigenvalue weighted by molar-refractivity contribution is -0.124. The molecule has 0 atom stereocenters. The first-order valence-corrected chi connectivity index (χ1v) is 6.97. The number of nitrogens with one attached hydrogen (secondary N) is 1. The summed E-state index contributed by atoms with van der Waals surface area (Å²) in [6, 6.07) is 7.58. The van der Waals surface area contributed by atoms with Crippen LogP contribution in [-0.2, 0) is 16.6 Å². The van der Waals surface area contributed by atoms with E-state index in [4.69, 9.17) is 4.74 Å². The van der Waals surface area contributed by atoms with Gasteiger partial charge in [0, 0.05) is 30.7 Å². The normalized spacial score (nSPS) is 10.9. The minimum Gasteiger partial charge on any atom is -0.452 e. The molecule has 1 heterocycles. The van der Waals surface area contributed by atoms with Crippen molar-refractivity contribution in [3.05, 3.63) is 36.0 Å². The standard InChI is InChI=1S/C16H20N2O3/c1-11(2)8-17-15(19)10-21-16(20)13-9-18(3)14-7-5-4-6-12(13)14/h4-7,9,11H,8,10H2,1-3H3,(H,17,19). The SMILES string of the molecule is CC(C)CNC(=O)COC(=O)c1cn(C)c2ccccc12. The van der Waals surface area contributed by atoms with Gasteiger partial charge in [0.15, 0.2) is 6.61 Å². The highest BCUT2D eigenvalue weighted by Crippen LogP contribution is 2.20. The van der Waals surface area contributed by atoms with Gasteiger partial charge in [-0.2, -0.15) is 0 Å². The smallest absolute Gasteiger partial charge is 0.340 e. The number of esters is 1. The maximum atomic E-state index is 12.1. The first-order valence-electron chi connectivity index (χ1n) is 6.97. The Kier molecular flexibility index (Phi) is 4.62. The van der Waals surface area contributed by atoms with Gasteiger partial charge in [0.1, 0.15) is 0 Å². The molecule has 0 aliphatic rings. The van der Waals surface area contributed by atoms with Crippen LogP contribution in [0.2, 0.25) is 0 Å². The molecule has 2 aromatic rings. The van der Waals surface area contributed by atoms with Crippen molar-refractivity contribution in [1.82, 2.24) is 9.88 Å². The van der Waals surface area contributed by atoms with E-state index in [2.05, 4.69) is 5.32 Å². The van der Waals surface area contributed by atoms with Crippen molar-refractivity contribution < 1.29 is 14.3 Å². The van der Waals surface area contributed by atoms with Gasteiger partial charge in [0.2, 0.25) is 0 Å². The predicted molar refractivity (Wildman–Crippen MR) is 81.0 cm³/mol. The van der Waals surface area contributed by atoms with Crippen molar-refractivity contribution >= 4 is 22.8 Å². The molecule has 1 aromatic heterocycles. The summed E-state index contributed by atoms with van der Waals surface area (Å²) in [4.78, 5) is 23.7. The topological polar surface area (TPSA) is 60.3 Å². The summed E-state index contributed by atoms with van der Waals surface area (Å²) >= 11 is 0. The first kappa shape index (κ1) is 15.1. The average molecular weight is 288 g/mol. The molecular weight excluding hydrogens is 268 g/mol. The van der Waals surface area contributed by atoms with Crippen LogP contribution in [0, 0.1) is 5.92 Å². The highest BCUT2D eigenvalue weighted by Gasteiger charge is 2.16. The average Bonchev–Trinajstić information content (AvgIpc) is 2.80. The van der Waals surface area contributed by atoms with E-state index in [1.165, 1.54) is 0 Å². The molecule has 1 amide bonds. The summed E-state index contributed by atoms with van der Waals surface area (Å²) in [5.74, 6) is -0.397. The van der Waals surface area contributed by atoms with Crippen LogP contribution in [0.15, 0.2) is 30.5 Å². The van der Waals surface area contributed by atoms with E-state index >= 15 is 0 Å². The Morgan fingerprint density at radius 2 is 2.00 bits per heavy atom. The highest BCUT2D eigenvalue weighted by molar-refractivity contribution is 6.04. The molecule has 112 valence electrons. The van der Waals surface area contributed by atoms with Gasteiger partial charge >= 0.3 is 5.97 Å². The van der Waals surface area contributed by atoms with Crippen LogP contribution in [0.25, 0.3) is 10.9 Å². The second-order valence-electron chi connectivity index (χ2n) is 5.44. The Morgan fingerprint density at radius 3 is 2.71 bits per heavy atom. The summed E-state index contributed by atoms with van der Waals surface area (Å²) in [6.45, 7) is 4.32. The zero-order chi connectivity index (χ0) is 15.4. The number of carbonyl (C=O) groups is 2. The lowest BCUT2D eigenvalue weighted by Gasteiger charge is -2.08. The van der Waals surface area contributed by atoms with Gasteiger partial charge in [-0.15, -0.1) is 0 Å². The van der Waals surface area contributed by atoms with Crippen molar-refractivity contribution in [3.63, 3.8) is 0 Å². The molecule has 21 heavy (non-hydrogen) atoms. The number of hydrogen-bond acceptors (Lipinski definition) is 3. The van der Waals surface area contributed by atoms with Gasteiger partial charge in [-0.1, -0.05) is 32.0 Å². The number of nitrogens with zero attached hydrogens (tertiary/aromatic N) is 1. The maximum Gasteiger partial charge on any atom is 0.340 e. The Morgan fingerprint density at radius 1 is 1.29 bits per heavy atom. The molecule has 0 unspecified atom stereocenters. The lowest BCUT2D eigenvalue weighted by Crippen LogP contribution is -2.31. The summed E-state index contributed by atoms with van der Waals surface area (Å²) in [7, 11) is 1.87. The van der Waals surface area contributed by atoms with Crippen LogP contribution >= 0.6 is 0 Å². The molecule has 0 saturated heterocycles. The summed E-state index contributed by atoms with van der Waals surface area (Å²) < 4.78 is 6.95. The van der Waals surface area contributed by atoms with E-state index < -0.39 is 5.97 Å². The molecule has 1 N–H and O–H groups in total. The van der Waals surface area contributed by atoms with Gasteiger partial charge in [-0.25, -0.2) is 4.79 Å². The van der Waals surface area contributed by atoms with Crippen molar-refractivity contribution in [2.45, 2.75) is 13.8 Å². The van der Waals surface area contributed by atoms with Crippen molar-refractivity contribution in [2.24, 2.45) is 13.0 Å². The van der Waals surface area contributed by atoms with Crippen molar-refractivity contribution in [3.8, 4) is 0 Å². The molecule has 5 heteroatoms. The number of rotatable bonds is 5. The molecule has 5 nitrogen and oxygen atoms in total. The number of aryl methyl sites for hydroxylation is 1. The molecular formula is C16H20N2O3. The van der Waals surface area contributed by atoms with Crippen LogP contribution in [-0.4, -0.2) is 29.6 Å². The number of benzene rings is 1. The Bertz CT molecular complexity index is 659. The Balaban J connectivity index is 2.01. The monoisotopic (exact) mass is 288 g/mol. The summed E-state index contributed by atoms with van der Waals surface area (Å²) in [5, 5.41) is 3.54. The van der Waals surface area contributed by atoms with Crippen LogP contribution < -0.4 is 5.32 Å². The molecule has 0 bridgehead atoms. The van der Waals surface area contributed by atoms with E-state index in [1.807, 2.05) is 49.7 Å². The van der Waals surface area contributed by atoms with E-state index in [-0.39, 0.29) is 12.5 Å². The molecule has 0 aliphatic carbocycles. The number of ether oxygens (including phenoxy) is 1. The van der Waals surface area contributed by atoms with E-state index in [0.29, 0.717) is 18.0 Å². The molecule has 0 spiro atoms. The van der Waals surface area contributed by atoms with E-state index in [9.17, 15) is 9.59 Å². The number of hydrogen-bond donors (Lipinski definition) is 1.